The van der Waals surface area contributed by atoms with E-state index in [4.69, 9.17) is 20.8 Å². The number of hydrogen-bond donors (Lipinski definition) is 1. The maximum Gasteiger partial charge on any atom is 0.345 e. The van der Waals surface area contributed by atoms with Crippen LogP contribution in [-0.2, 0) is 0 Å². The van der Waals surface area contributed by atoms with Gasteiger partial charge in [0.25, 0.3) is 0 Å². The molecule has 0 radical (unpaired) electrons. The van der Waals surface area contributed by atoms with E-state index in [1.807, 2.05) is 48.7 Å². The molecule has 0 amide bonds. The molecule has 0 unspecified atom stereocenters. The van der Waals surface area contributed by atoms with Gasteiger partial charge in [0.2, 0.25) is 5.13 Å². The molecule has 0 aliphatic rings. The number of ether oxygens (including phenoxy) is 1. The predicted octanol–water partition coefficient (Wildman–Crippen LogP) is 5.80. The summed E-state index contributed by atoms with van der Waals surface area (Å²) in [4.78, 5) is 17.0. The van der Waals surface area contributed by atoms with E-state index in [1.165, 1.54) is 11.3 Å². The molecule has 0 aliphatic heterocycles. The van der Waals surface area contributed by atoms with Crippen LogP contribution in [-0.4, -0.2) is 17.3 Å². The predicted molar refractivity (Wildman–Crippen MR) is 122 cm³/mol. The molecule has 4 aromatic rings. The lowest BCUT2D eigenvalue weighted by Crippen LogP contribution is -2.13. The monoisotopic (exact) mass is 439 g/mol. The van der Waals surface area contributed by atoms with Crippen LogP contribution in [0.5, 0.6) is 5.75 Å². The molecule has 0 bridgehead atoms. The van der Waals surface area contributed by atoms with Gasteiger partial charge in [-0.3, -0.25) is 5.43 Å². The van der Waals surface area contributed by atoms with Crippen molar-refractivity contribution in [1.82, 2.24) is 4.98 Å². The van der Waals surface area contributed by atoms with Crippen molar-refractivity contribution in [2.45, 2.75) is 13.8 Å². The van der Waals surface area contributed by atoms with Gasteiger partial charge in [-0.05, 0) is 38.1 Å². The van der Waals surface area contributed by atoms with Gasteiger partial charge in [-0.25, -0.2) is 9.78 Å². The highest BCUT2D eigenvalue weighted by molar-refractivity contribution is 7.14. The summed E-state index contributed by atoms with van der Waals surface area (Å²) >= 11 is 7.35. The Bertz CT molecular complexity index is 1280. The molecule has 0 saturated heterocycles. The summed E-state index contributed by atoms with van der Waals surface area (Å²) in [6.07, 6.45) is 0. The highest BCUT2D eigenvalue weighted by atomic mass is 35.5. The second kappa shape index (κ2) is 8.69. The molecule has 6 nitrogen and oxygen atoms in total. The second-order valence-corrected chi connectivity index (χ2v) is 7.70. The summed E-state index contributed by atoms with van der Waals surface area (Å²) in [7, 11) is 0. The molecule has 2 aromatic heterocycles. The Hall–Kier alpha value is -3.16. The third-order valence-electron chi connectivity index (χ3n) is 4.38. The largest absolute Gasteiger partial charge is 0.490 e. The maximum atomic E-state index is 12.5. The molecule has 2 aromatic carbocycles. The first-order valence-corrected chi connectivity index (χ1v) is 10.5. The minimum atomic E-state index is -0.473. The number of para-hydroxylation sites is 1. The van der Waals surface area contributed by atoms with Crippen molar-refractivity contribution in [3.8, 4) is 17.0 Å². The van der Waals surface area contributed by atoms with Crippen LogP contribution in [0, 0.1) is 0 Å². The molecule has 0 fully saturated rings. The van der Waals surface area contributed by atoms with Crippen molar-refractivity contribution in [2.24, 2.45) is 5.10 Å². The number of nitrogens with zero attached hydrogens (tertiary/aromatic N) is 2. The number of hydrazone groups is 1. The molecule has 0 atom stereocenters. The highest BCUT2D eigenvalue weighted by Crippen LogP contribution is 2.27. The maximum absolute atomic E-state index is 12.5. The number of nitrogens with one attached hydrogen (secondary N) is 1. The molecule has 1 N–H and O–H groups in total. The van der Waals surface area contributed by atoms with E-state index in [-0.39, 0.29) is 0 Å². The zero-order valence-corrected chi connectivity index (χ0v) is 17.9. The molecular weight excluding hydrogens is 422 g/mol. The van der Waals surface area contributed by atoms with Gasteiger partial charge in [0.1, 0.15) is 0 Å². The van der Waals surface area contributed by atoms with Crippen LogP contribution < -0.4 is 15.8 Å². The molecule has 4 rings (SSSR count). The molecular formula is C22H18ClN3O3S. The standard InChI is InChI=1S/C22H18ClN3O3S/c1-3-28-19-6-4-5-15-11-17(21(27)29-20(15)19)13(2)25-26-22-24-18(12-30-22)14-7-9-16(23)10-8-14/h4-12H,3H2,1-2H3,(H,24,26)/b25-13+. The Kier molecular flexibility index (Phi) is 5.83. The molecule has 8 heteroatoms. The molecule has 0 spiro atoms. The van der Waals surface area contributed by atoms with Crippen LogP contribution in [0.15, 0.2) is 68.2 Å². The Morgan fingerprint density at radius 1 is 1.27 bits per heavy atom. The molecule has 152 valence electrons. The Morgan fingerprint density at radius 3 is 2.83 bits per heavy atom. The number of thiazole rings is 1. The van der Waals surface area contributed by atoms with Crippen LogP contribution in [0.25, 0.3) is 22.2 Å². The number of aromatic nitrogens is 1. The number of halogens is 1. The van der Waals surface area contributed by atoms with E-state index in [0.29, 0.717) is 39.4 Å². The van der Waals surface area contributed by atoms with Gasteiger partial charge in [0.05, 0.1) is 23.6 Å². The van der Waals surface area contributed by atoms with E-state index in [2.05, 4.69) is 15.5 Å². The van der Waals surface area contributed by atoms with E-state index < -0.39 is 5.63 Å². The van der Waals surface area contributed by atoms with Gasteiger partial charge in [-0.15, -0.1) is 11.3 Å². The number of anilines is 1. The summed E-state index contributed by atoms with van der Waals surface area (Å²) in [6.45, 7) is 4.11. The van der Waals surface area contributed by atoms with Crippen molar-refractivity contribution >= 4 is 44.8 Å². The van der Waals surface area contributed by atoms with Crippen molar-refractivity contribution in [3.63, 3.8) is 0 Å². The van der Waals surface area contributed by atoms with Gasteiger partial charge in [-0.1, -0.05) is 35.9 Å². The van der Waals surface area contributed by atoms with Crippen molar-refractivity contribution in [1.29, 1.82) is 0 Å². The van der Waals surface area contributed by atoms with E-state index >= 15 is 0 Å². The lowest BCUT2D eigenvalue weighted by atomic mass is 10.1. The fourth-order valence-corrected chi connectivity index (χ4v) is 3.70. The molecule has 30 heavy (non-hydrogen) atoms. The van der Waals surface area contributed by atoms with Gasteiger partial charge in [0.15, 0.2) is 11.3 Å². The van der Waals surface area contributed by atoms with Crippen molar-refractivity contribution in [3.05, 3.63) is 74.9 Å². The fourth-order valence-electron chi connectivity index (χ4n) is 2.91. The lowest BCUT2D eigenvalue weighted by Gasteiger charge is -2.07. The van der Waals surface area contributed by atoms with Gasteiger partial charge in [0, 0.05) is 21.4 Å². The molecule has 0 saturated carbocycles. The van der Waals surface area contributed by atoms with Gasteiger partial charge in [-0.2, -0.15) is 5.10 Å². The molecule has 2 heterocycles. The van der Waals surface area contributed by atoms with E-state index in [9.17, 15) is 4.79 Å². The highest BCUT2D eigenvalue weighted by Gasteiger charge is 2.12. The van der Waals surface area contributed by atoms with Crippen molar-refractivity contribution < 1.29 is 9.15 Å². The quantitative estimate of drug-likeness (QED) is 0.233. The number of hydrogen-bond acceptors (Lipinski definition) is 7. The smallest absolute Gasteiger partial charge is 0.345 e. The van der Waals surface area contributed by atoms with Crippen LogP contribution in [0.4, 0.5) is 5.13 Å². The second-order valence-electron chi connectivity index (χ2n) is 6.41. The SMILES string of the molecule is CCOc1cccc2cc(/C(C)=N/Nc3nc(-c4ccc(Cl)cc4)cs3)c(=O)oc12. The summed E-state index contributed by atoms with van der Waals surface area (Å²) < 4.78 is 11.0. The lowest BCUT2D eigenvalue weighted by molar-refractivity contribution is 0.337. The number of rotatable bonds is 6. The normalized spacial score (nSPS) is 11.6. The number of fused-ring (bicyclic) bond motifs is 1. The van der Waals surface area contributed by atoms with Crippen LogP contribution in [0.2, 0.25) is 5.02 Å². The third-order valence-corrected chi connectivity index (χ3v) is 5.38. The van der Waals surface area contributed by atoms with Crippen molar-refractivity contribution in [2.75, 3.05) is 12.0 Å². The summed E-state index contributed by atoms with van der Waals surface area (Å²) in [5.74, 6) is 0.545. The van der Waals surface area contributed by atoms with E-state index in [1.54, 1.807) is 19.1 Å². The first-order chi connectivity index (χ1) is 14.5. The summed E-state index contributed by atoms with van der Waals surface area (Å²) in [6, 6.07) is 14.7. The topological polar surface area (TPSA) is 76.7 Å². The first kappa shape index (κ1) is 20.1. The average Bonchev–Trinajstić information content (AvgIpc) is 3.22. The average molecular weight is 440 g/mol. The fraction of sp³-hybridized carbons (Fsp3) is 0.136. The zero-order chi connectivity index (χ0) is 21.1. The van der Waals surface area contributed by atoms with Crippen LogP contribution in [0.3, 0.4) is 0 Å². The number of benzene rings is 2. The van der Waals surface area contributed by atoms with Gasteiger partial charge < -0.3 is 9.15 Å². The summed E-state index contributed by atoms with van der Waals surface area (Å²) in [5, 5.41) is 8.30. The Balaban J connectivity index is 1.58. The third kappa shape index (κ3) is 4.22. The Morgan fingerprint density at radius 2 is 2.07 bits per heavy atom. The Labute approximate surface area is 181 Å². The minimum absolute atomic E-state index is 0.373. The van der Waals surface area contributed by atoms with Gasteiger partial charge >= 0.3 is 5.63 Å². The van der Waals surface area contributed by atoms with Crippen LogP contribution in [0.1, 0.15) is 19.4 Å². The minimum Gasteiger partial charge on any atom is -0.490 e. The van der Waals surface area contributed by atoms with E-state index in [0.717, 1.165) is 16.6 Å². The first-order valence-electron chi connectivity index (χ1n) is 9.27. The summed E-state index contributed by atoms with van der Waals surface area (Å²) in [5.41, 5.74) is 5.53. The molecule has 0 aliphatic carbocycles. The zero-order valence-electron chi connectivity index (χ0n) is 16.3. The van der Waals surface area contributed by atoms with Crippen LogP contribution >= 0.6 is 22.9 Å².